The fourth-order valence-corrected chi connectivity index (χ4v) is 19.8. The van der Waals surface area contributed by atoms with E-state index in [0.717, 1.165) is 71.0 Å². The van der Waals surface area contributed by atoms with Crippen molar-refractivity contribution in [1.29, 1.82) is 0 Å². The average Bonchev–Trinajstić information content (AvgIpc) is 0.834. The summed E-state index contributed by atoms with van der Waals surface area (Å²) in [5.74, 6) is 10.5. The molecule has 0 saturated heterocycles. The Hall–Kier alpha value is -1.56. The Kier molecular flexibility index (Phi) is 83.1. The minimum Gasteiger partial charge on any atom is -0.0885 e. The van der Waals surface area contributed by atoms with Crippen molar-refractivity contribution in [2.75, 3.05) is 0 Å². The van der Waals surface area contributed by atoms with Crippen LogP contribution in [-0.2, 0) is 0 Å². The molecule has 0 fully saturated rings. The van der Waals surface area contributed by atoms with Gasteiger partial charge in [-0.3, -0.25) is 0 Å². The van der Waals surface area contributed by atoms with Crippen LogP contribution in [0.15, 0.2) is 72.9 Å². The molecule has 3 aliphatic rings. The summed E-state index contributed by atoms with van der Waals surface area (Å²) in [5, 5.41) is 0. The molecule has 3 aliphatic carbocycles. The summed E-state index contributed by atoms with van der Waals surface area (Å²) < 4.78 is 0. The third-order valence-electron chi connectivity index (χ3n) is 26.9. The van der Waals surface area contributed by atoms with Crippen LogP contribution in [0.25, 0.3) is 0 Å². The standard InChI is InChI=1S/C36H70.C36H68.C36H66.CH4/c3*1-5-9-13-17-20-24-28-34-32-31-33(27-23-16-12-8-4)35(29-25-21-18-14-10-6-2)36(34)30-26-22-19-15-11-7-3;/h31-36H,5-30H2,1-4H3;21,25,31-36H,5-20,22-24,26-30H2,1-4H3;21-22,25-26,31-36H,5-20,23-24,27-30H2,1-4H3;1H4. The van der Waals surface area contributed by atoms with E-state index >= 15 is 0 Å². The van der Waals surface area contributed by atoms with E-state index in [-0.39, 0.29) is 7.43 Å². The van der Waals surface area contributed by atoms with Gasteiger partial charge in [-0.2, -0.15) is 0 Å². The number of hydrogen-bond acceptors (Lipinski definition) is 0. The molecule has 0 heterocycles. The van der Waals surface area contributed by atoms with Crippen molar-refractivity contribution in [2.45, 2.75) is 553 Å². The maximum absolute atomic E-state index is 2.75. The predicted octanol–water partition coefficient (Wildman–Crippen LogP) is 39.7. The van der Waals surface area contributed by atoms with Gasteiger partial charge in [-0.25, -0.2) is 0 Å². The molecule has 0 heteroatoms. The summed E-state index contributed by atoms with van der Waals surface area (Å²) in [6.45, 7) is 28.0. The van der Waals surface area contributed by atoms with Crippen LogP contribution in [0, 0.1) is 71.0 Å². The molecule has 0 radical (unpaired) electrons. The molecule has 0 aromatic rings. The Morgan fingerprint density at radius 2 is 0.284 bits per heavy atom. The van der Waals surface area contributed by atoms with Gasteiger partial charge in [0.1, 0.15) is 0 Å². The first-order chi connectivity index (χ1) is 53.3. The van der Waals surface area contributed by atoms with E-state index in [2.05, 4.69) is 156 Å². The van der Waals surface area contributed by atoms with E-state index < -0.39 is 0 Å². The van der Waals surface area contributed by atoms with Crippen LogP contribution in [0.1, 0.15) is 553 Å². The summed E-state index contributed by atoms with van der Waals surface area (Å²) in [7, 11) is 0. The highest BCUT2D eigenvalue weighted by molar-refractivity contribution is 5.10. The molecule has 0 amide bonds. The molecule has 644 valence electrons. The number of rotatable bonds is 75. The first-order valence-electron chi connectivity index (χ1n) is 51.3. The highest BCUT2D eigenvalue weighted by Crippen LogP contribution is 2.47. The van der Waals surface area contributed by atoms with Crippen LogP contribution in [0.3, 0.4) is 0 Å². The smallest absolute Gasteiger partial charge is 0.0199 e. The lowest BCUT2D eigenvalue weighted by Gasteiger charge is -2.41. The molecule has 0 aromatic heterocycles. The van der Waals surface area contributed by atoms with Crippen molar-refractivity contribution in [3.05, 3.63) is 72.9 Å². The maximum Gasteiger partial charge on any atom is -0.0199 e. The third-order valence-corrected chi connectivity index (χ3v) is 26.9. The highest BCUT2D eigenvalue weighted by atomic mass is 14.4. The lowest BCUT2D eigenvalue weighted by atomic mass is 9.64. The summed E-state index contributed by atoms with van der Waals surface area (Å²) >= 11 is 0. The van der Waals surface area contributed by atoms with Gasteiger partial charge < -0.3 is 0 Å². The monoisotopic (exact) mass is 1520 g/mol. The summed E-state index contributed by atoms with van der Waals surface area (Å²) in [4.78, 5) is 0. The molecular formula is C109H208. The first kappa shape index (κ1) is 107. The minimum absolute atomic E-state index is 0. The molecular weight excluding hydrogens is 1310 g/mol. The lowest BCUT2D eigenvalue weighted by Crippen LogP contribution is -2.32. The van der Waals surface area contributed by atoms with Gasteiger partial charge in [0.15, 0.2) is 0 Å². The van der Waals surface area contributed by atoms with Gasteiger partial charge in [-0.05, 0) is 187 Å². The van der Waals surface area contributed by atoms with Crippen molar-refractivity contribution in [1.82, 2.24) is 0 Å². The molecule has 12 unspecified atom stereocenters. The van der Waals surface area contributed by atoms with Gasteiger partial charge in [-0.1, -0.05) is 510 Å². The molecule has 0 aliphatic heterocycles. The molecule has 0 nitrogen and oxygen atoms in total. The SMILES string of the molecule is C.CCCCCC=CCC1C(CCCCCC)C=CC(CCCCCCCC)C1CC=CCCCCC.CCCCCC=CCC1C(CCCCCC)C=CC(CCCCCCCC)C1CCCCCCCC.CCCCCCCCC1C=CC(CCCCCC)C(CCCCCCCC)C1CCCCCCCC. The number of hydrogen-bond donors (Lipinski definition) is 0. The first-order valence-corrected chi connectivity index (χ1v) is 51.3. The number of allylic oxidation sites excluding steroid dienone is 12. The van der Waals surface area contributed by atoms with Crippen LogP contribution >= 0.6 is 0 Å². The average molecular weight is 1520 g/mol. The number of unbranched alkanes of at least 4 members (excludes halogenated alkanes) is 48. The molecule has 0 saturated carbocycles. The van der Waals surface area contributed by atoms with Crippen molar-refractivity contribution in [3.63, 3.8) is 0 Å². The van der Waals surface area contributed by atoms with E-state index in [4.69, 9.17) is 0 Å². The van der Waals surface area contributed by atoms with E-state index in [1.165, 1.54) is 462 Å². The van der Waals surface area contributed by atoms with Gasteiger partial charge >= 0.3 is 0 Å². The second-order valence-electron chi connectivity index (χ2n) is 36.6. The molecule has 0 aromatic carbocycles. The van der Waals surface area contributed by atoms with Gasteiger partial charge in [0, 0.05) is 0 Å². The zero-order valence-electron chi connectivity index (χ0n) is 76.8. The summed E-state index contributed by atoms with van der Waals surface area (Å²) in [6, 6.07) is 0. The largest absolute Gasteiger partial charge is 0.0885 e. The van der Waals surface area contributed by atoms with E-state index in [1.54, 1.807) is 0 Å². The Morgan fingerprint density at radius 1 is 0.147 bits per heavy atom. The van der Waals surface area contributed by atoms with E-state index in [9.17, 15) is 0 Å². The topological polar surface area (TPSA) is 0 Å². The second kappa shape index (κ2) is 84.4. The zero-order chi connectivity index (χ0) is 78.3. The summed E-state index contributed by atoms with van der Waals surface area (Å²) in [6.07, 6.45) is 134. The van der Waals surface area contributed by atoms with Crippen LogP contribution in [-0.4, -0.2) is 0 Å². The van der Waals surface area contributed by atoms with Crippen LogP contribution in [0.2, 0.25) is 0 Å². The second-order valence-corrected chi connectivity index (χ2v) is 36.6. The fraction of sp³-hybridized carbons (Fsp3) is 0.890. The van der Waals surface area contributed by atoms with Crippen molar-refractivity contribution >= 4 is 0 Å². The Balaban J connectivity index is 0.00000160. The van der Waals surface area contributed by atoms with E-state index in [0.29, 0.717) is 0 Å². The fourth-order valence-electron chi connectivity index (χ4n) is 19.8. The molecule has 0 spiro atoms. The normalized spacial score (nSPS) is 21.9. The van der Waals surface area contributed by atoms with Gasteiger partial charge in [0.2, 0.25) is 0 Å². The quantitative estimate of drug-likeness (QED) is 0.0421. The highest BCUT2D eigenvalue weighted by Gasteiger charge is 2.37. The Bertz CT molecular complexity index is 1940. The molecule has 109 heavy (non-hydrogen) atoms. The van der Waals surface area contributed by atoms with Crippen LogP contribution < -0.4 is 0 Å². The lowest BCUT2D eigenvalue weighted by molar-refractivity contribution is 0.145. The van der Waals surface area contributed by atoms with Crippen molar-refractivity contribution < 1.29 is 0 Å². The van der Waals surface area contributed by atoms with Gasteiger partial charge in [-0.15, -0.1) is 0 Å². The van der Waals surface area contributed by atoms with Gasteiger partial charge in [0.05, 0.1) is 0 Å². The van der Waals surface area contributed by atoms with E-state index in [1.807, 2.05) is 0 Å². The van der Waals surface area contributed by atoms with Crippen molar-refractivity contribution in [3.8, 4) is 0 Å². The molecule has 3 rings (SSSR count). The van der Waals surface area contributed by atoms with Crippen LogP contribution in [0.4, 0.5) is 0 Å². The van der Waals surface area contributed by atoms with Gasteiger partial charge in [0.25, 0.3) is 0 Å². The maximum atomic E-state index is 2.75. The third kappa shape index (κ3) is 59.7. The molecule has 12 atom stereocenters. The minimum atomic E-state index is 0. The zero-order valence-corrected chi connectivity index (χ0v) is 76.8. The Labute approximate surface area is 692 Å². The Morgan fingerprint density at radius 3 is 0.486 bits per heavy atom. The summed E-state index contributed by atoms with van der Waals surface area (Å²) in [5.41, 5.74) is 0. The molecule has 0 bridgehead atoms. The molecule has 0 N–H and O–H groups in total. The predicted molar refractivity (Wildman–Crippen MR) is 504 cm³/mol. The van der Waals surface area contributed by atoms with Crippen molar-refractivity contribution in [2.24, 2.45) is 71.0 Å². The van der Waals surface area contributed by atoms with Crippen LogP contribution in [0.5, 0.6) is 0 Å².